The van der Waals surface area contributed by atoms with E-state index < -0.39 is 32.0 Å². The van der Waals surface area contributed by atoms with E-state index in [1.807, 2.05) is 54.6 Å². The first-order chi connectivity index (χ1) is 15.7. The highest BCUT2D eigenvalue weighted by Crippen LogP contribution is 2.37. The predicted octanol–water partition coefficient (Wildman–Crippen LogP) is 6.25. The van der Waals surface area contributed by atoms with Gasteiger partial charge >= 0.3 is 12.1 Å². The Kier molecular flexibility index (Phi) is 8.94. The number of ether oxygens (including phenoxy) is 2. The van der Waals surface area contributed by atoms with Crippen LogP contribution in [0.5, 0.6) is 5.75 Å². The molecule has 1 N–H and O–H groups in total. The van der Waals surface area contributed by atoms with Crippen molar-refractivity contribution in [1.82, 2.24) is 5.32 Å². The van der Waals surface area contributed by atoms with Crippen molar-refractivity contribution in [2.75, 3.05) is 0 Å². The summed E-state index contributed by atoms with van der Waals surface area (Å²) in [5, 5.41) is 2.77. The lowest BCUT2D eigenvalue weighted by Gasteiger charge is -2.36. The summed E-state index contributed by atoms with van der Waals surface area (Å²) in [7, 11) is -1.95. The van der Waals surface area contributed by atoms with Gasteiger partial charge < -0.3 is 19.2 Å². The Morgan fingerprint density at radius 2 is 1.47 bits per heavy atom. The minimum absolute atomic E-state index is 0.0948. The third kappa shape index (κ3) is 8.86. The molecule has 6 nitrogen and oxygen atoms in total. The molecule has 0 aliphatic heterocycles. The normalized spacial score (nSPS) is 13.1. The molecular weight excluding hydrogens is 446 g/mol. The van der Waals surface area contributed by atoms with Crippen LogP contribution in [-0.4, -0.2) is 32.0 Å². The van der Waals surface area contributed by atoms with Gasteiger partial charge in [0.25, 0.3) is 0 Å². The van der Waals surface area contributed by atoms with Crippen LogP contribution in [0.4, 0.5) is 4.79 Å². The standard InChI is InChI=1S/C27H39NO5Si/c1-26(2,3)32-24(29)23(28-25(30)31-19-21-12-10-9-11-13-21)18-20-14-16-22(17-15-20)33-34(7,8)27(4,5)6/h9-17,23H,18-19H2,1-8H3,(H,28,30)/t23-/m0/s1. The van der Waals surface area contributed by atoms with Gasteiger partial charge in [0.05, 0.1) is 0 Å². The fourth-order valence-electron chi connectivity index (χ4n) is 2.85. The first-order valence-electron chi connectivity index (χ1n) is 11.6. The number of nitrogens with one attached hydrogen (secondary N) is 1. The van der Waals surface area contributed by atoms with Gasteiger partial charge in [-0.15, -0.1) is 0 Å². The second-order valence-electron chi connectivity index (χ2n) is 11.0. The molecule has 2 aromatic carbocycles. The SMILES string of the molecule is CC(C)(C)OC(=O)[C@H](Cc1ccc(O[Si](C)(C)C(C)(C)C)cc1)NC(=O)OCc1ccccc1. The number of carbonyl (C=O) groups is 2. The fraction of sp³-hybridized carbons (Fsp3) is 0.481. The summed E-state index contributed by atoms with van der Waals surface area (Å²) in [5.74, 6) is 0.296. The Hall–Kier alpha value is -2.80. The van der Waals surface area contributed by atoms with Crippen molar-refractivity contribution in [2.24, 2.45) is 0 Å². The fourth-order valence-corrected chi connectivity index (χ4v) is 3.88. The van der Waals surface area contributed by atoms with Gasteiger partial charge in [-0.25, -0.2) is 9.59 Å². The monoisotopic (exact) mass is 485 g/mol. The lowest BCUT2D eigenvalue weighted by molar-refractivity contribution is -0.157. The molecule has 0 fully saturated rings. The second-order valence-corrected chi connectivity index (χ2v) is 15.7. The van der Waals surface area contributed by atoms with Gasteiger partial charge in [-0.2, -0.15) is 0 Å². The number of carbonyl (C=O) groups excluding carboxylic acids is 2. The maximum absolute atomic E-state index is 12.8. The van der Waals surface area contributed by atoms with Gasteiger partial charge in [-0.1, -0.05) is 63.2 Å². The van der Waals surface area contributed by atoms with E-state index in [4.69, 9.17) is 13.9 Å². The smallest absolute Gasteiger partial charge is 0.408 e. The number of rotatable bonds is 8. The second kappa shape index (κ2) is 11.1. The first kappa shape index (κ1) is 27.4. The van der Waals surface area contributed by atoms with E-state index in [1.165, 1.54) is 0 Å². The number of amides is 1. The maximum Gasteiger partial charge on any atom is 0.408 e. The van der Waals surface area contributed by atoms with Crippen LogP contribution < -0.4 is 9.74 Å². The van der Waals surface area contributed by atoms with Crippen LogP contribution in [0.15, 0.2) is 54.6 Å². The van der Waals surface area contributed by atoms with Crippen LogP contribution in [0.25, 0.3) is 0 Å². The topological polar surface area (TPSA) is 73.9 Å². The Bertz CT molecular complexity index is 944. The molecule has 1 atom stereocenters. The molecule has 2 aromatic rings. The molecule has 0 aromatic heterocycles. The van der Waals surface area contributed by atoms with Crippen LogP contribution in [0.2, 0.25) is 18.1 Å². The number of benzene rings is 2. The molecule has 7 heteroatoms. The minimum Gasteiger partial charge on any atom is -0.544 e. The number of alkyl carbamates (subject to hydrolysis) is 1. The first-order valence-corrected chi connectivity index (χ1v) is 14.6. The van der Waals surface area contributed by atoms with E-state index in [1.54, 1.807) is 20.8 Å². The molecule has 0 saturated carbocycles. The number of esters is 1. The molecule has 0 bridgehead atoms. The summed E-state index contributed by atoms with van der Waals surface area (Å²) >= 11 is 0. The summed E-state index contributed by atoms with van der Waals surface area (Å²) < 4.78 is 17.2. The molecule has 0 aliphatic rings. The zero-order valence-electron chi connectivity index (χ0n) is 21.7. The predicted molar refractivity (Wildman–Crippen MR) is 137 cm³/mol. The zero-order chi connectivity index (χ0) is 25.6. The number of hydrogen-bond donors (Lipinski definition) is 1. The van der Waals surface area contributed by atoms with E-state index >= 15 is 0 Å². The summed E-state index contributed by atoms with van der Waals surface area (Å²) in [6.45, 7) is 16.5. The van der Waals surface area contributed by atoms with Gasteiger partial charge in [0.15, 0.2) is 0 Å². The van der Waals surface area contributed by atoms with Crippen molar-refractivity contribution >= 4 is 20.4 Å². The van der Waals surface area contributed by atoms with Gasteiger partial charge in [0.1, 0.15) is 24.0 Å². The Balaban J connectivity index is 2.08. The Morgan fingerprint density at radius 1 is 0.882 bits per heavy atom. The van der Waals surface area contributed by atoms with Crippen molar-refractivity contribution in [3.8, 4) is 5.75 Å². The average molecular weight is 486 g/mol. The summed E-state index contributed by atoms with van der Waals surface area (Å²) in [6, 6.07) is 16.1. The molecule has 1 amide bonds. The maximum atomic E-state index is 12.8. The summed E-state index contributed by atoms with van der Waals surface area (Å²) in [6.07, 6.45) is -0.395. The minimum atomic E-state index is -1.95. The van der Waals surface area contributed by atoms with Crippen molar-refractivity contribution in [3.05, 3.63) is 65.7 Å². The molecular formula is C27H39NO5Si. The van der Waals surface area contributed by atoms with Crippen LogP contribution in [0.1, 0.15) is 52.7 Å². The third-order valence-corrected chi connectivity index (χ3v) is 10.1. The highest BCUT2D eigenvalue weighted by molar-refractivity contribution is 6.74. The van der Waals surface area contributed by atoms with Crippen molar-refractivity contribution in [1.29, 1.82) is 0 Å². The quantitative estimate of drug-likeness (QED) is 0.353. The molecule has 0 spiro atoms. The van der Waals surface area contributed by atoms with E-state index in [-0.39, 0.29) is 18.1 Å². The van der Waals surface area contributed by atoms with Gasteiger partial charge in [0.2, 0.25) is 8.32 Å². The highest BCUT2D eigenvalue weighted by atomic mass is 28.4. The third-order valence-electron chi connectivity index (χ3n) is 5.74. The zero-order valence-corrected chi connectivity index (χ0v) is 22.7. The van der Waals surface area contributed by atoms with E-state index in [2.05, 4.69) is 39.2 Å². The van der Waals surface area contributed by atoms with Crippen LogP contribution in [0.3, 0.4) is 0 Å². The van der Waals surface area contributed by atoms with Crippen molar-refractivity contribution in [3.63, 3.8) is 0 Å². The lowest BCUT2D eigenvalue weighted by Crippen LogP contribution is -2.45. The molecule has 2 rings (SSSR count). The van der Waals surface area contributed by atoms with Gasteiger partial charge in [-0.3, -0.25) is 0 Å². The van der Waals surface area contributed by atoms with Crippen LogP contribution >= 0.6 is 0 Å². The van der Waals surface area contributed by atoms with Crippen molar-refractivity contribution < 1.29 is 23.5 Å². The molecule has 0 aliphatic carbocycles. The Labute approximate surface area is 205 Å². The van der Waals surface area contributed by atoms with Crippen LogP contribution in [-0.2, 0) is 27.3 Å². The summed E-state index contributed by atoms with van der Waals surface area (Å²) in [4.78, 5) is 25.3. The molecule has 34 heavy (non-hydrogen) atoms. The van der Waals surface area contributed by atoms with Crippen LogP contribution in [0, 0.1) is 0 Å². The molecule has 186 valence electrons. The van der Waals surface area contributed by atoms with E-state index in [9.17, 15) is 9.59 Å². The van der Waals surface area contributed by atoms with E-state index in [0.717, 1.165) is 16.9 Å². The van der Waals surface area contributed by atoms with Crippen molar-refractivity contribution in [2.45, 2.75) is 84.3 Å². The average Bonchev–Trinajstić information content (AvgIpc) is 2.71. The number of hydrogen-bond acceptors (Lipinski definition) is 5. The Morgan fingerprint density at radius 3 is 2.00 bits per heavy atom. The van der Waals surface area contributed by atoms with Gasteiger partial charge in [-0.05, 0) is 62.2 Å². The van der Waals surface area contributed by atoms with Gasteiger partial charge in [0, 0.05) is 6.42 Å². The molecule has 0 unspecified atom stereocenters. The molecule has 0 heterocycles. The molecule has 0 saturated heterocycles. The highest BCUT2D eigenvalue weighted by Gasteiger charge is 2.39. The largest absolute Gasteiger partial charge is 0.544 e. The summed E-state index contributed by atoms with van der Waals surface area (Å²) in [5.41, 5.74) is 1.07. The van der Waals surface area contributed by atoms with E-state index in [0.29, 0.717) is 0 Å². The molecule has 0 radical (unpaired) electrons. The lowest BCUT2D eigenvalue weighted by atomic mass is 10.1.